The topological polar surface area (TPSA) is 52.7 Å². The fourth-order valence-electron chi connectivity index (χ4n) is 4.67. The number of nitrogens with zero attached hydrogens (tertiary/aromatic N) is 2. The Hall–Kier alpha value is -2.04. The van der Waals surface area contributed by atoms with Crippen molar-refractivity contribution in [3.63, 3.8) is 0 Å². The van der Waals surface area contributed by atoms with E-state index < -0.39 is 0 Å². The van der Waals surface area contributed by atoms with E-state index in [1.807, 2.05) is 23.1 Å². The van der Waals surface area contributed by atoms with E-state index in [0.717, 1.165) is 51.9 Å². The molecule has 5 heteroatoms. The van der Waals surface area contributed by atoms with Crippen molar-refractivity contribution in [3.05, 3.63) is 30.3 Å². The first-order valence-electron chi connectivity index (χ1n) is 11.2. The number of rotatable bonds is 5. The highest BCUT2D eigenvalue weighted by atomic mass is 16.2. The third-order valence-corrected chi connectivity index (χ3v) is 6.71. The van der Waals surface area contributed by atoms with Crippen LogP contribution in [0.25, 0.3) is 0 Å². The third-order valence-electron chi connectivity index (χ3n) is 6.71. The van der Waals surface area contributed by atoms with Crippen molar-refractivity contribution < 1.29 is 9.59 Å². The van der Waals surface area contributed by atoms with E-state index in [1.54, 1.807) is 0 Å². The van der Waals surface area contributed by atoms with Gasteiger partial charge in [0.05, 0.1) is 0 Å². The molecule has 1 heterocycles. The van der Waals surface area contributed by atoms with Crippen molar-refractivity contribution >= 4 is 17.5 Å². The summed E-state index contributed by atoms with van der Waals surface area (Å²) < 4.78 is 0. The zero-order valence-corrected chi connectivity index (χ0v) is 18.3. The van der Waals surface area contributed by atoms with Crippen LogP contribution in [0.4, 0.5) is 5.69 Å². The van der Waals surface area contributed by atoms with E-state index in [-0.39, 0.29) is 17.7 Å². The molecule has 0 atom stereocenters. The second-order valence-corrected chi connectivity index (χ2v) is 9.66. The van der Waals surface area contributed by atoms with Gasteiger partial charge >= 0.3 is 0 Å². The number of hydrogen-bond acceptors (Lipinski definition) is 3. The van der Waals surface area contributed by atoms with Crippen molar-refractivity contribution in [2.24, 2.45) is 17.3 Å². The van der Waals surface area contributed by atoms with Crippen LogP contribution in [0.2, 0.25) is 0 Å². The maximum Gasteiger partial charge on any atom is 0.224 e. The molecule has 1 saturated carbocycles. The van der Waals surface area contributed by atoms with Crippen LogP contribution in [0.15, 0.2) is 30.3 Å². The largest absolute Gasteiger partial charge is 0.368 e. The van der Waals surface area contributed by atoms with Crippen LogP contribution < -0.4 is 10.2 Å². The highest BCUT2D eigenvalue weighted by molar-refractivity contribution is 5.80. The Morgan fingerprint density at radius 1 is 0.966 bits per heavy atom. The zero-order valence-electron chi connectivity index (χ0n) is 18.3. The summed E-state index contributed by atoms with van der Waals surface area (Å²) in [5, 5.41) is 3.01. The number of hydrogen-bond donors (Lipinski definition) is 1. The number of para-hydroxylation sites is 1. The SMILES string of the molecule is CC(C)(C)C1CCC(C(=O)NCCC(=O)N2CCN(c3ccccc3)CC2)CC1. The molecule has 3 rings (SSSR count). The lowest BCUT2D eigenvalue weighted by molar-refractivity contribution is -0.131. The van der Waals surface area contributed by atoms with Crippen LogP contribution in [0.1, 0.15) is 52.9 Å². The molecule has 2 amide bonds. The molecule has 160 valence electrons. The summed E-state index contributed by atoms with van der Waals surface area (Å²) in [4.78, 5) is 29.2. The Bertz CT molecular complexity index is 667. The molecule has 29 heavy (non-hydrogen) atoms. The van der Waals surface area contributed by atoms with Crippen LogP contribution >= 0.6 is 0 Å². The van der Waals surface area contributed by atoms with Crippen LogP contribution in [0.3, 0.4) is 0 Å². The predicted molar refractivity (Wildman–Crippen MR) is 118 cm³/mol. The molecule has 5 nitrogen and oxygen atoms in total. The second kappa shape index (κ2) is 9.64. The number of carbonyl (C=O) groups is 2. The number of benzene rings is 1. The molecule has 1 aromatic rings. The van der Waals surface area contributed by atoms with E-state index in [2.05, 4.69) is 43.1 Å². The maximum atomic E-state index is 12.5. The van der Waals surface area contributed by atoms with E-state index in [9.17, 15) is 9.59 Å². The molecule has 1 saturated heterocycles. The van der Waals surface area contributed by atoms with Crippen molar-refractivity contribution in [2.75, 3.05) is 37.6 Å². The van der Waals surface area contributed by atoms with E-state index in [4.69, 9.17) is 0 Å². The Kier molecular flexibility index (Phi) is 7.20. The lowest BCUT2D eigenvalue weighted by Gasteiger charge is -2.36. The maximum absolute atomic E-state index is 12.5. The summed E-state index contributed by atoms with van der Waals surface area (Å²) in [6, 6.07) is 10.3. The summed E-state index contributed by atoms with van der Waals surface area (Å²) in [6.45, 7) is 10.6. The van der Waals surface area contributed by atoms with E-state index in [0.29, 0.717) is 24.3 Å². The fourth-order valence-corrected chi connectivity index (χ4v) is 4.67. The van der Waals surface area contributed by atoms with Gasteiger partial charge in [-0.3, -0.25) is 9.59 Å². The van der Waals surface area contributed by atoms with Gasteiger partial charge in [-0.05, 0) is 49.1 Å². The molecule has 2 aliphatic rings. The second-order valence-electron chi connectivity index (χ2n) is 9.66. The molecule has 1 N–H and O–H groups in total. The van der Waals surface area contributed by atoms with Crippen LogP contribution in [-0.4, -0.2) is 49.4 Å². The number of nitrogens with one attached hydrogen (secondary N) is 1. The Labute approximate surface area is 175 Å². The highest BCUT2D eigenvalue weighted by Gasteiger charge is 2.32. The lowest BCUT2D eigenvalue weighted by Crippen LogP contribution is -2.49. The predicted octanol–water partition coefficient (Wildman–Crippen LogP) is 3.69. The fraction of sp³-hybridized carbons (Fsp3) is 0.667. The Morgan fingerprint density at radius 2 is 1.59 bits per heavy atom. The molecule has 2 fully saturated rings. The number of piperazine rings is 1. The van der Waals surface area contributed by atoms with Gasteiger partial charge in [0.25, 0.3) is 0 Å². The van der Waals surface area contributed by atoms with E-state index >= 15 is 0 Å². The zero-order chi connectivity index (χ0) is 20.9. The van der Waals surface area contributed by atoms with Gasteiger partial charge in [-0.2, -0.15) is 0 Å². The van der Waals surface area contributed by atoms with Gasteiger partial charge in [0, 0.05) is 50.7 Å². The monoisotopic (exact) mass is 399 g/mol. The first-order chi connectivity index (χ1) is 13.8. The average molecular weight is 400 g/mol. The number of anilines is 1. The van der Waals surface area contributed by atoms with Gasteiger partial charge in [-0.15, -0.1) is 0 Å². The molecule has 0 bridgehead atoms. The highest BCUT2D eigenvalue weighted by Crippen LogP contribution is 2.39. The molecular formula is C24H37N3O2. The Morgan fingerprint density at radius 3 is 2.17 bits per heavy atom. The normalized spacial score (nSPS) is 23.0. The van der Waals surface area contributed by atoms with Crippen LogP contribution in [0.5, 0.6) is 0 Å². The minimum absolute atomic E-state index is 0.123. The number of amides is 2. The van der Waals surface area contributed by atoms with Gasteiger partial charge in [0.15, 0.2) is 0 Å². The molecule has 0 aromatic heterocycles. The standard InChI is InChI=1S/C24H37N3O2/c1-24(2,3)20-11-9-19(10-12-20)23(29)25-14-13-22(28)27-17-15-26(16-18-27)21-7-5-4-6-8-21/h4-8,19-20H,9-18H2,1-3H3,(H,25,29). The number of carbonyl (C=O) groups excluding carboxylic acids is 2. The van der Waals surface area contributed by atoms with Crippen molar-refractivity contribution in [3.8, 4) is 0 Å². The molecule has 1 aliphatic heterocycles. The molecule has 1 aromatic carbocycles. The summed E-state index contributed by atoms with van der Waals surface area (Å²) >= 11 is 0. The summed E-state index contributed by atoms with van der Waals surface area (Å²) in [7, 11) is 0. The van der Waals surface area contributed by atoms with Crippen molar-refractivity contribution in [2.45, 2.75) is 52.9 Å². The van der Waals surface area contributed by atoms with Crippen molar-refractivity contribution in [1.29, 1.82) is 0 Å². The smallest absolute Gasteiger partial charge is 0.224 e. The summed E-state index contributed by atoms with van der Waals surface area (Å²) in [5.41, 5.74) is 1.55. The lowest BCUT2D eigenvalue weighted by atomic mass is 9.69. The Balaban J connectivity index is 1.34. The minimum atomic E-state index is 0.123. The minimum Gasteiger partial charge on any atom is -0.368 e. The van der Waals surface area contributed by atoms with Crippen molar-refractivity contribution in [1.82, 2.24) is 10.2 Å². The van der Waals surface area contributed by atoms with Gasteiger partial charge in [0.2, 0.25) is 11.8 Å². The average Bonchev–Trinajstić information content (AvgIpc) is 2.74. The first kappa shape index (κ1) is 21.7. The molecule has 0 spiro atoms. The van der Waals surface area contributed by atoms with Crippen LogP contribution in [0, 0.1) is 17.3 Å². The molecule has 1 aliphatic carbocycles. The summed E-state index contributed by atoms with van der Waals surface area (Å²) in [6.07, 6.45) is 4.61. The quantitative estimate of drug-likeness (QED) is 0.821. The van der Waals surface area contributed by atoms with Crippen LogP contribution in [-0.2, 0) is 9.59 Å². The van der Waals surface area contributed by atoms with Gasteiger partial charge in [-0.1, -0.05) is 39.0 Å². The van der Waals surface area contributed by atoms with Gasteiger partial charge in [-0.25, -0.2) is 0 Å². The molecule has 0 unspecified atom stereocenters. The third kappa shape index (κ3) is 5.97. The summed E-state index contributed by atoms with van der Waals surface area (Å²) in [5.74, 6) is 1.12. The first-order valence-corrected chi connectivity index (χ1v) is 11.2. The molecular weight excluding hydrogens is 362 g/mol. The molecule has 0 radical (unpaired) electrons. The van der Waals surface area contributed by atoms with Gasteiger partial charge in [0.1, 0.15) is 0 Å². The van der Waals surface area contributed by atoms with E-state index in [1.165, 1.54) is 5.69 Å². The van der Waals surface area contributed by atoms with Gasteiger partial charge < -0.3 is 15.1 Å².